The van der Waals surface area contributed by atoms with E-state index in [0.29, 0.717) is 31.1 Å². The highest BCUT2D eigenvalue weighted by atomic mass is 16.5. The van der Waals surface area contributed by atoms with Gasteiger partial charge in [-0.3, -0.25) is 9.69 Å². The summed E-state index contributed by atoms with van der Waals surface area (Å²) in [5.74, 6) is 1.42. The quantitative estimate of drug-likeness (QED) is 0.545. The van der Waals surface area contributed by atoms with Crippen LogP contribution < -0.4 is 9.47 Å². The molecule has 1 heterocycles. The molecular weight excluding hydrogens is 380 g/mol. The number of carbonyl (C=O) groups is 1. The minimum atomic E-state index is 0.0467. The van der Waals surface area contributed by atoms with E-state index >= 15 is 0 Å². The lowest BCUT2D eigenvalue weighted by molar-refractivity contribution is -0.131. The number of nitrogens with zero attached hydrogens (tertiary/aromatic N) is 4. The molecule has 0 saturated heterocycles. The minimum absolute atomic E-state index is 0.0467. The Morgan fingerprint density at radius 1 is 0.967 bits per heavy atom. The highest BCUT2D eigenvalue weighted by Crippen LogP contribution is 2.27. The molecule has 0 radical (unpaired) electrons. The Labute approximate surface area is 177 Å². The maximum atomic E-state index is 12.7. The van der Waals surface area contributed by atoms with Crippen LogP contribution in [0.2, 0.25) is 0 Å². The highest BCUT2D eigenvalue weighted by molar-refractivity contribution is 5.77. The Morgan fingerprint density at radius 2 is 1.70 bits per heavy atom. The van der Waals surface area contributed by atoms with Crippen LogP contribution in [0, 0.1) is 0 Å². The normalized spacial score (nSPS) is 10.8. The number of methoxy groups -OCH3 is 2. The van der Waals surface area contributed by atoms with Gasteiger partial charge in [0.15, 0.2) is 11.5 Å². The molecule has 0 N–H and O–H groups in total. The first-order valence-electron chi connectivity index (χ1n) is 9.72. The van der Waals surface area contributed by atoms with E-state index in [-0.39, 0.29) is 5.91 Å². The second-order valence-corrected chi connectivity index (χ2v) is 7.24. The predicted molar refractivity (Wildman–Crippen MR) is 116 cm³/mol. The maximum absolute atomic E-state index is 12.7. The fraction of sp³-hybridized carbons (Fsp3) is 0.304. The lowest BCUT2D eigenvalue weighted by atomic mass is 10.2. The number of para-hydroxylation sites is 1. The Hall–Kier alpha value is -3.32. The van der Waals surface area contributed by atoms with Crippen molar-refractivity contribution in [2.45, 2.75) is 13.1 Å². The standard InChI is InChI=1S/C23H28N4O3/c1-25(14-18-10-11-21(29-3)22(12-18)30-4)17-23(28)26(2)15-19-13-24-27(16-19)20-8-6-5-7-9-20/h5-13,16H,14-15,17H2,1-4H3. The van der Waals surface area contributed by atoms with Gasteiger partial charge in [0.05, 0.1) is 32.6 Å². The molecule has 0 fully saturated rings. The number of rotatable bonds is 9. The smallest absolute Gasteiger partial charge is 0.236 e. The van der Waals surface area contributed by atoms with Crippen LogP contribution in [0.4, 0.5) is 0 Å². The van der Waals surface area contributed by atoms with Crippen molar-refractivity contribution in [3.05, 3.63) is 72.1 Å². The number of ether oxygens (including phenoxy) is 2. The van der Waals surface area contributed by atoms with Gasteiger partial charge in [0.1, 0.15) is 0 Å². The largest absolute Gasteiger partial charge is 0.493 e. The van der Waals surface area contributed by atoms with Crippen molar-refractivity contribution in [2.75, 3.05) is 34.9 Å². The zero-order chi connectivity index (χ0) is 21.5. The first-order chi connectivity index (χ1) is 14.5. The Kier molecular flexibility index (Phi) is 7.08. The van der Waals surface area contributed by atoms with Crippen molar-refractivity contribution in [1.82, 2.24) is 19.6 Å². The number of likely N-dealkylation sites (N-methyl/N-ethyl adjacent to an activating group) is 2. The van der Waals surface area contributed by atoms with E-state index in [4.69, 9.17) is 9.47 Å². The zero-order valence-corrected chi connectivity index (χ0v) is 17.9. The molecular formula is C23H28N4O3. The number of benzene rings is 2. The van der Waals surface area contributed by atoms with Crippen LogP contribution in [-0.2, 0) is 17.9 Å². The van der Waals surface area contributed by atoms with Crippen LogP contribution in [0.25, 0.3) is 5.69 Å². The molecule has 1 aromatic heterocycles. The second kappa shape index (κ2) is 9.93. The van der Waals surface area contributed by atoms with Crippen molar-refractivity contribution < 1.29 is 14.3 Å². The summed E-state index contributed by atoms with van der Waals surface area (Å²) in [6.07, 6.45) is 3.75. The highest BCUT2D eigenvalue weighted by Gasteiger charge is 2.14. The number of hydrogen-bond acceptors (Lipinski definition) is 5. The lowest BCUT2D eigenvalue weighted by Crippen LogP contribution is -2.36. The fourth-order valence-electron chi connectivity index (χ4n) is 3.22. The first-order valence-corrected chi connectivity index (χ1v) is 9.72. The first kappa shape index (κ1) is 21.4. The predicted octanol–water partition coefficient (Wildman–Crippen LogP) is 2.98. The van der Waals surface area contributed by atoms with E-state index in [2.05, 4.69) is 5.10 Å². The van der Waals surface area contributed by atoms with Gasteiger partial charge < -0.3 is 14.4 Å². The molecule has 0 atom stereocenters. The molecule has 7 heteroatoms. The maximum Gasteiger partial charge on any atom is 0.236 e. The molecule has 0 unspecified atom stereocenters. The molecule has 0 aliphatic rings. The number of aromatic nitrogens is 2. The Bertz CT molecular complexity index is 972. The van der Waals surface area contributed by atoms with E-state index in [1.165, 1.54) is 0 Å². The third-order valence-electron chi connectivity index (χ3n) is 4.81. The van der Waals surface area contributed by atoms with Crippen molar-refractivity contribution in [3.63, 3.8) is 0 Å². The number of amides is 1. The molecule has 0 aliphatic heterocycles. The van der Waals surface area contributed by atoms with E-state index in [9.17, 15) is 4.79 Å². The summed E-state index contributed by atoms with van der Waals surface area (Å²) >= 11 is 0. The third kappa shape index (κ3) is 5.39. The monoisotopic (exact) mass is 408 g/mol. The SMILES string of the molecule is COc1ccc(CN(C)CC(=O)N(C)Cc2cnn(-c3ccccc3)c2)cc1OC. The van der Waals surface area contributed by atoms with Gasteiger partial charge in [0, 0.05) is 31.9 Å². The topological polar surface area (TPSA) is 59.8 Å². The summed E-state index contributed by atoms with van der Waals surface area (Å²) in [5.41, 5.74) is 3.03. The summed E-state index contributed by atoms with van der Waals surface area (Å²) in [6, 6.07) is 15.7. The van der Waals surface area contributed by atoms with Crippen LogP contribution in [0.5, 0.6) is 11.5 Å². The van der Waals surface area contributed by atoms with E-state index in [1.807, 2.05) is 78.4 Å². The lowest BCUT2D eigenvalue weighted by Gasteiger charge is -2.22. The molecule has 0 saturated carbocycles. The van der Waals surface area contributed by atoms with Gasteiger partial charge in [0.25, 0.3) is 0 Å². The molecule has 3 aromatic rings. The van der Waals surface area contributed by atoms with Crippen LogP contribution in [0.3, 0.4) is 0 Å². The number of carbonyl (C=O) groups excluding carboxylic acids is 1. The summed E-state index contributed by atoms with van der Waals surface area (Å²) in [5, 5.41) is 4.39. The molecule has 7 nitrogen and oxygen atoms in total. The molecule has 0 bridgehead atoms. The molecule has 158 valence electrons. The summed E-state index contributed by atoms with van der Waals surface area (Å²) in [4.78, 5) is 16.4. The van der Waals surface area contributed by atoms with E-state index in [0.717, 1.165) is 16.8 Å². The molecule has 1 amide bonds. The van der Waals surface area contributed by atoms with Gasteiger partial charge in [-0.05, 0) is 36.9 Å². The van der Waals surface area contributed by atoms with Gasteiger partial charge in [0.2, 0.25) is 5.91 Å². The van der Waals surface area contributed by atoms with Gasteiger partial charge in [-0.1, -0.05) is 24.3 Å². The zero-order valence-electron chi connectivity index (χ0n) is 17.9. The molecule has 0 aliphatic carbocycles. The van der Waals surface area contributed by atoms with Crippen molar-refractivity contribution in [2.24, 2.45) is 0 Å². The average molecular weight is 409 g/mol. The average Bonchev–Trinajstić information content (AvgIpc) is 3.22. The molecule has 0 spiro atoms. The second-order valence-electron chi connectivity index (χ2n) is 7.24. The Balaban J connectivity index is 1.54. The summed E-state index contributed by atoms with van der Waals surface area (Å²) in [6.45, 7) is 1.46. The van der Waals surface area contributed by atoms with Crippen LogP contribution >= 0.6 is 0 Å². The summed E-state index contributed by atoms with van der Waals surface area (Å²) < 4.78 is 12.4. The van der Waals surface area contributed by atoms with Gasteiger partial charge in [-0.15, -0.1) is 0 Å². The minimum Gasteiger partial charge on any atom is -0.493 e. The number of hydrogen-bond donors (Lipinski definition) is 0. The summed E-state index contributed by atoms with van der Waals surface area (Å²) in [7, 11) is 6.97. The van der Waals surface area contributed by atoms with Crippen LogP contribution in [0.1, 0.15) is 11.1 Å². The molecule has 3 rings (SSSR count). The van der Waals surface area contributed by atoms with Crippen molar-refractivity contribution in [1.29, 1.82) is 0 Å². The van der Waals surface area contributed by atoms with Crippen molar-refractivity contribution >= 4 is 5.91 Å². The third-order valence-corrected chi connectivity index (χ3v) is 4.81. The van der Waals surface area contributed by atoms with Gasteiger partial charge >= 0.3 is 0 Å². The molecule has 30 heavy (non-hydrogen) atoms. The van der Waals surface area contributed by atoms with Gasteiger partial charge in [-0.2, -0.15) is 5.10 Å². The van der Waals surface area contributed by atoms with Gasteiger partial charge in [-0.25, -0.2) is 4.68 Å². The van der Waals surface area contributed by atoms with Crippen LogP contribution in [0.15, 0.2) is 60.9 Å². The Morgan fingerprint density at radius 3 is 2.40 bits per heavy atom. The van der Waals surface area contributed by atoms with Crippen molar-refractivity contribution in [3.8, 4) is 17.2 Å². The fourth-order valence-corrected chi connectivity index (χ4v) is 3.22. The molecule has 2 aromatic carbocycles. The van der Waals surface area contributed by atoms with E-state index < -0.39 is 0 Å². The van der Waals surface area contributed by atoms with E-state index in [1.54, 1.807) is 25.3 Å². The van der Waals surface area contributed by atoms with Crippen LogP contribution in [-0.4, -0.2) is 60.3 Å².